The van der Waals surface area contributed by atoms with Gasteiger partial charge in [0.15, 0.2) is 5.82 Å². The van der Waals surface area contributed by atoms with Crippen LogP contribution in [0.5, 0.6) is 0 Å². The molecule has 3 rings (SSSR count). The molecule has 0 unspecified atom stereocenters. The van der Waals surface area contributed by atoms with Gasteiger partial charge in [0.25, 0.3) is 0 Å². The third-order valence-electron chi connectivity index (χ3n) is 3.73. The topological polar surface area (TPSA) is 38.1 Å². The number of pyridine rings is 1. The maximum absolute atomic E-state index is 14.0. The summed E-state index contributed by atoms with van der Waals surface area (Å²) in [6.45, 7) is 0.00271. The molecular weight excluding hydrogens is 336 g/mol. The minimum atomic E-state index is -0.513. The molecule has 0 aliphatic rings. The highest BCUT2D eigenvalue weighted by molar-refractivity contribution is 6.31. The number of carbonyl (C=O) groups excluding carboxylic acids is 1. The minimum absolute atomic E-state index is 0.00271. The van der Waals surface area contributed by atoms with E-state index in [-0.39, 0.29) is 23.0 Å². The highest BCUT2D eigenvalue weighted by Crippen LogP contribution is 2.28. The molecule has 0 N–H and O–H groups in total. The zero-order valence-corrected chi connectivity index (χ0v) is 13.8. The summed E-state index contributed by atoms with van der Waals surface area (Å²) in [6, 6.07) is 6.02. The van der Waals surface area contributed by atoms with Gasteiger partial charge in [-0.25, -0.2) is 8.78 Å². The van der Waals surface area contributed by atoms with Crippen LogP contribution in [0, 0.1) is 11.6 Å². The monoisotopic (exact) mass is 349 g/mol. The van der Waals surface area contributed by atoms with Crippen molar-refractivity contribution in [2.45, 2.75) is 6.54 Å². The smallest absolute Gasteiger partial charge is 0.241 e. The molecule has 2 aromatic heterocycles. The second-order valence-corrected chi connectivity index (χ2v) is 6.02. The van der Waals surface area contributed by atoms with E-state index in [1.165, 1.54) is 34.0 Å². The second-order valence-electron chi connectivity index (χ2n) is 5.61. The van der Waals surface area contributed by atoms with Crippen LogP contribution >= 0.6 is 11.6 Å². The standard InChI is InChI=1S/C17H14ClF2N3O/c1-22(2)16(24)9-23-8-14(20)17-15(23)6-11(7-21-17)10-3-4-13(19)12(18)5-10/h3-8H,9H2,1-2H3. The molecule has 4 nitrogen and oxygen atoms in total. The number of rotatable bonds is 3. The van der Waals surface area contributed by atoms with Crippen molar-refractivity contribution in [1.82, 2.24) is 14.5 Å². The fourth-order valence-electron chi connectivity index (χ4n) is 2.38. The van der Waals surface area contributed by atoms with E-state index in [0.29, 0.717) is 16.6 Å². The molecule has 0 bridgehead atoms. The van der Waals surface area contributed by atoms with Crippen molar-refractivity contribution in [3.8, 4) is 11.1 Å². The Morgan fingerprint density at radius 1 is 1.21 bits per heavy atom. The molecular formula is C17H14ClF2N3O. The summed E-state index contributed by atoms with van der Waals surface area (Å²) in [7, 11) is 3.27. The third-order valence-corrected chi connectivity index (χ3v) is 4.02. The van der Waals surface area contributed by atoms with Crippen molar-refractivity contribution < 1.29 is 13.6 Å². The first kappa shape index (κ1) is 16.4. The highest BCUT2D eigenvalue weighted by atomic mass is 35.5. The predicted molar refractivity (Wildman–Crippen MR) is 88.8 cm³/mol. The number of likely N-dealkylation sites (N-methyl/N-ethyl adjacent to an activating group) is 1. The Balaban J connectivity index is 2.09. The number of amides is 1. The van der Waals surface area contributed by atoms with Crippen LogP contribution in [0.15, 0.2) is 36.7 Å². The first-order chi connectivity index (χ1) is 11.4. The normalized spacial score (nSPS) is 11.0. The van der Waals surface area contributed by atoms with E-state index in [0.717, 1.165) is 0 Å². The van der Waals surface area contributed by atoms with Gasteiger partial charge < -0.3 is 9.47 Å². The number of halogens is 3. The van der Waals surface area contributed by atoms with E-state index < -0.39 is 11.6 Å². The van der Waals surface area contributed by atoms with E-state index in [1.54, 1.807) is 26.2 Å². The van der Waals surface area contributed by atoms with Gasteiger partial charge in [-0.05, 0) is 23.8 Å². The maximum atomic E-state index is 14.0. The van der Waals surface area contributed by atoms with Gasteiger partial charge in [0.05, 0.1) is 10.5 Å². The summed E-state index contributed by atoms with van der Waals surface area (Å²) in [5, 5.41) is -0.00283. The van der Waals surface area contributed by atoms with Crippen LogP contribution in [-0.2, 0) is 11.3 Å². The van der Waals surface area contributed by atoms with E-state index in [9.17, 15) is 13.6 Å². The summed E-state index contributed by atoms with van der Waals surface area (Å²) in [5.74, 6) is -1.18. The molecule has 1 aromatic carbocycles. The fourth-order valence-corrected chi connectivity index (χ4v) is 2.56. The fraction of sp³-hybridized carbons (Fsp3) is 0.176. The summed E-state index contributed by atoms with van der Waals surface area (Å²) in [4.78, 5) is 17.5. The lowest BCUT2D eigenvalue weighted by Crippen LogP contribution is -2.25. The molecule has 0 saturated heterocycles. The number of fused-ring (bicyclic) bond motifs is 1. The first-order valence-corrected chi connectivity index (χ1v) is 7.54. The number of aromatic nitrogens is 2. The Kier molecular flexibility index (Phi) is 4.24. The lowest BCUT2D eigenvalue weighted by atomic mass is 10.1. The Labute approximate surface area is 142 Å². The number of benzene rings is 1. The molecule has 24 heavy (non-hydrogen) atoms. The van der Waals surface area contributed by atoms with E-state index in [1.807, 2.05) is 0 Å². The van der Waals surface area contributed by atoms with Crippen molar-refractivity contribution in [1.29, 1.82) is 0 Å². The molecule has 0 atom stereocenters. The van der Waals surface area contributed by atoms with E-state index >= 15 is 0 Å². The molecule has 3 aromatic rings. The number of hydrogen-bond acceptors (Lipinski definition) is 2. The average molecular weight is 350 g/mol. The summed E-state index contributed by atoms with van der Waals surface area (Å²) < 4.78 is 28.8. The molecule has 0 fully saturated rings. The van der Waals surface area contributed by atoms with Crippen LogP contribution in [0.25, 0.3) is 22.2 Å². The van der Waals surface area contributed by atoms with Gasteiger partial charge in [-0.3, -0.25) is 9.78 Å². The molecule has 0 aliphatic heterocycles. The van der Waals surface area contributed by atoms with Crippen molar-refractivity contribution in [2.24, 2.45) is 0 Å². The van der Waals surface area contributed by atoms with Crippen LogP contribution in [0.1, 0.15) is 0 Å². The molecule has 2 heterocycles. The van der Waals surface area contributed by atoms with Crippen molar-refractivity contribution in [2.75, 3.05) is 14.1 Å². The van der Waals surface area contributed by atoms with Gasteiger partial charge in [-0.15, -0.1) is 0 Å². The second kappa shape index (κ2) is 6.20. The first-order valence-electron chi connectivity index (χ1n) is 7.17. The van der Waals surface area contributed by atoms with Gasteiger partial charge in [-0.2, -0.15) is 0 Å². The SMILES string of the molecule is CN(C)C(=O)Cn1cc(F)c2ncc(-c3ccc(F)c(Cl)c3)cc21. The summed E-state index contributed by atoms with van der Waals surface area (Å²) in [5.41, 5.74) is 1.98. The maximum Gasteiger partial charge on any atom is 0.241 e. The molecule has 1 amide bonds. The molecule has 0 saturated carbocycles. The van der Waals surface area contributed by atoms with E-state index in [4.69, 9.17) is 11.6 Å². The molecule has 124 valence electrons. The highest BCUT2D eigenvalue weighted by Gasteiger charge is 2.14. The van der Waals surface area contributed by atoms with Gasteiger partial charge in [0.1, 0.15) is 17.9 Å². The predicted octanol–water partition coefficient (Wildman–Crippen LogP) is 3.72. The van der Waals surface area contributed by atoms with E-state index in [2.05, 4.69) is 4.98 Å². The molecule has 0 radical (unpaired) electrons. The van der Waals surface area contributed by atoms with Crippen molar-refractivity contribution >= 4 is 28.5 Å². The van der Waals surface area contributed by atoms with Crippen LogP contribution in [0.3, 0.4) is 0 Å². The van der Waals surface area contributed by atoms with Gasteiger partial charge in [0.2, 0.25) is 5.91 Å². The Morgan fingerprint density at radius 2 is 1.96 bits per heavy atom. The number of carbonyl (C=O) groups is 1. The van der Waals surface area contributed by atoms with Crippen LogP contribution in [0.2, 0.25) is 5.02 Å². The quantitative estimate of drug-likeness (QED) is 0.722. The third kappa shape index (κ3) is 2.97. The summed E-state index contributed by atoms with van der Waals surface area (Å²) in [6.07, 6.45) is 2.74. The van der Waals surface area contributed by atoms with Gasteiger partial charge >= 0.3 is 0 Å². The van der Waals surface area contributed by atoms with Crippen LogP contribution in [-0.4, -0.2) is 34.5 Å². The van der Waals surface area contributed by atoms with Crippen LogP contribution in [0.4, 0.5) is 8.78 Å². The lowest BCUT2D eigenvalue weighted by Gasteiger charge is -2.11. The Hall–Kier alpha value is -2.47. The number of hydrogen-bond donors (Lipinski definition) is 0. The van der Waals surface area contributed by atoms with Gasteiger partial charge in [0, 0.05) is 32.1 Å². The Bertz CT molecular complexity index is 937. The average Bonchev–Trinajstić information content (AvgIpc) is 2.85. The largest absolute Gasteiger partial charge is 0.347 e. The van der Waals surface area contributed by atoms with Crippen molar-refractivity contribution in [3.05, 3.63) is 53.3 Å². The summed E-state index contributed by atoms with van der Waals surface area (Å²) >= 11 is 5.81. The zero-order chi connectivity index (χ0) is 17.4. The molecule has 7 heteroatoms. The molecule has 0 aliphatic carbocycles. The lowest BCUT2D eigenvalue weighted by molar-refractivity contribution is -0.129. The number of nitrogens with zero attached hydrogens (tertiary/aromatic N) is 3. The van der Waals surface area contributed by atoms with Crippen LogP contribution < -0.4 is 0 Å². The van der Waals surface area contributed by atoms with Gasteiger partial charge in [-0.1, -0.05) is 17.7 Å². The minimum Gasteiger partial charge on any atom is -0.347 e. The molecule has 0 spiro atoms. The Morgan fingerprint density at radius 3 is 2.62 bits per heavy atom. The van der Waals surface area contributed by atoms with Crippen molar-refractivity contribution in [3.63, 3.8) is 0 Å². The zero-order valence-electron chi connectivity index (χ0n) is 13.1.